The van der Waals surface area contributed by atoms with Gasteiger partial charge >= 0.3 is 0 Å². The largest absolute Gasteiger partial charge is 0.297 e. The van der Waals surface area contributed by atoms with Crippen LogP contribution in [0.4, 0.5) is 0 Å². The average molecular weight is 431 g/mol. The highest BCUT2D eigenvalue weighted by atomic mass is 15.3. The van der Waals surface area contributed by atoms with Crippen LogP contribution in [0.25, 0.3) is 44.3 Å². The van der Waals surface area contributed by atoms with Crippen molar-refractivity contribution in [2.45, 2.75) is 34.6 Å². The Morgan fingerprint density at radius 3 is 2.24 bits per heavy atom. The smallest absolute Gasteiger partial charge is 0.172 e. The number of aryl methyl sites for hydroxylation is 5. The Kier molecular flexibility index (Phi) is 4.21. The molecule has 0 N–H and O–H groups in total. The van der Waals surface area contributed by atoms with Crippen LogP contribution in [0.5, 0.6) is 0 Å². The summed E-state index contributed by atoms with van der Waals surface area (Å²) in [5, 5.41) is 8.33. The van der Waals surface area contributed by atoms with Gasteiger partial charge in [0.1, 0.15) is 5.65 Å². The van der Waals surface area contributed by atoms with E-state index < -0.39 is 0 Å². The van der Waals surface area contributed by atoms with Crippen molar-refractivity contribution in [3.05, 3.63) is 94.9 Å². The van der Waals surface area contributed by atoms with Crippen molar-refractivity contribution in [3.8, 4) is 16.9 Å². The van der Waals surface area contributed by atoms with Crippen molar-refractivity contribution < 1.29 is 0 Å². The maximum Gasteiger partial charge on any atom is 0.172 e. The summed E-state index contributed by atoms with van der Waals surface area (Å²) in [4.78, 5) is 5.10. The lowest BCUT2D eigenvalue weighted by Gasteiger charge is -2.16. The molecule has 0 aliphatic rings. The van der Waals surface area contributed by atoms with Gasteiger partial charge in [-0.25, -0.2) is 9.67 Å². The predicted molar refractivity (Wildman–Crippen MR) is 136 cm³/mol. The first-order valence-electron chi connectivity index (χ1n) is 11.4. The number of aromatic nitrogens is 4. The lowest BCUT2D eigenvalue weighted by Crippen LogP contribution is -1.98. The Balaban J connectivity index is 1.81. The maximum absolute atomic E-state index is 5.10. The zero-order chi connectivity index (χ0) is 22.9. The Hall–Kier alpha value is -3.92. The minimum Gasteiger partial charge on any atom is -0.297 e. The Morgan fingerprint density at radius 2 is 1.52 bits per heavy atom. The van der Waals surface area contributed by atoms with Crippen molar-refractivity contribution in [1.82, 2.24) is 19.2 Å². The average Bonchev–Trinajstić information content (AvgIpc) is 3.36. The van der Waals surface area contributed by atoms with E-state index in [9.17, 15) is 0 Å². The van der Waals surface area contributed by atoms with E-state index in [1.165, 1.54) is 38.6 Å². The van der Waals surface area contributed by atoms with Gasteiger partial charge in [0.2, 0.25) is 0 Å². The van der Waals surface area contributed by atoms with Crippen LogP contribution >= 0.6 is 0 Å². The SMILES string of the molecule is Cc1ccc2c(c1)c1c(-c3c(C)cccc3C)cccc1c1nc(-n3nc(C)cc3C)cn21. The van der Waals surface area contributed by atoms with Crippen molar-refractivity contribution >= 4 is 27.3 Å². The zero-order valence-corrected chi connectivity index (χ0v) is 19.6. The number of hydrogen-bond donors (Lipinski definition) is 0. The number of benzene rings is 3. The molecule has 0 fully saturated rings. The molecule has 3 aromatic carbocycles. The van der Waals surface area contributed by atoms with Gasteiger partial charge in [-0.05, 0) is 75.1 Å². The standard InChI is InChI=1S/C29H26N4/c1-17-12-13-25-24(14-17)28-22(27-18(2)8-6-9-19(27)3)10-7-11-23(28)29-30-26(16-32(25)29)33-21(5)15-20(4)31-33/h6-16H,1-5H3. The molecule has 0 radical (unpaired) electrons. The summed E-state index contributed by atoms with van der Waals surface area (Å²) < 4.78 is 4.15. The second-order valence-electron chi connectivity index (χ2n) is 9.15. The van der Waals surface area contributed by atoms with Crippen LogP contribution in [0.1, 0.15) is 28.1 Å². The first-order chi connectivity index (χ1) is 15.9. The number of rotatable bonds is 2. The fraction of sp³-hybridized carbons (Fsp3) is 0.172. The third-order valence-corrected chi connectivity index (χ3v) is 6.66. The van der Waals surface area contributed by atoms with E-state index in [1.807, 2.05) is 11.6 Å². The van der Waals surface area contributed by atoms with Gasteiger partial charge < -0.3 is 0 Å². The first kappa shape index (κ1) is 19.7. The van der Waals surface area contributed by atoms with E-state index in [0.717, 1.165) is 33.8 Å². The number of nitrogens with zero attached hydrogens (tertiary/aromatic N) is 4. The molecule has 0 saturated carbocycles. The lowest BCUT2D eigenvalue weighted by atomic mass is 9.90. The monoisotopic (exact) mass is 430 g/mol. The maximum atomic E-state index is 5.10. The molecule has 162 valence electrons. The molecule has 3 aromatic heterocycles. The van der Waals surface area contributed by atoms with Gasteiger partial charge in [-0.15, -0.1) is 0 Å². The molecule has 33 heavy (non-hydrogen) atoms. The van der Waals surface area contributed by atoms with Crippen molar-refractivity contribution in [2.24, 2.45) is 0 Å². The number of imidazole rings is 1. The Morgan fingerprint density at radius 1 is 0.758 bits per heavy atom. The molecule has 4 nitrogen and oxygen atoms in total. The fourth-order valence-electron chi connectivity index (χ4n) is 5.24. The summed E-state index contributed by atoms with van der Waals surface area (Å²) in [5.74, 6) is 0.840. The van der Waals surface area contributed by atoms with Gasteiger partial charge in [0, 0.05) is 21.9 Å². The molecule has 3 heterocycles. The van der Waals surface area contributed by atoms with E-state index in [-0.39, 0.29) is 0 Å². The fourth-order valence-corrected chi connectivity index (χ4v) is 5.24. The van der Waals surface area contributed by atoms with Gasteiger partial charge in [0.05, 0.1) is 17.4 Å². The van der Waals surface area contributed by atoms with E-state index in [1.54, 1.807) is 0 Å². The molecule has 6 aromatic rings. The van der Waals surface area contributed by atoms with Gasteiger partial charge in [0.15, 0.2) is 5.82 Å². The van der Waals surface area contributed by atoms with Crippen molar-refractivity contribution in [1.29, 1.82) is 0 Å². The summed E-state index contributed by atoms with van der Waals surface area (Å²) in [7, 11) is 0. The summed E-state index contributed by atoms with van der Waals surface area (Å²) in [6.07, 6.45) is 2.11. The van der Waals surface area contributed by atoms with Crippen LogP contribution in [-0.4, -0.2) is 19.2 Å². The molecule has 0 amide bonds. The van der Waals surface area contributed by atoms with Crippen LogP contribution in [0.15, 0.2) is 66.9 Å². The van der Waals surface area contributed by atoms with Crippen LogP contribution < -0.4 is 0 Å². The lowest BCUT2D eigenvalue weighted by molar-refractivity contribution is 0.813. The molecule has 6 rings (SSSR count). The third kappa shape index (κ3) is 2.91. The highest BCUT2D eigenvalue weighted by Crippen LogP contribution is 2.39. The second kappa shape index (κ2) is 7.04. The summed E-state index contributed by atoms with van der Waals surface area (Å²) >= 11 is 0. The molecule has 4 heteroatoms. The van der Waals surface area contributed by atoms with Gasteiger partial charge in [0.25, 0.3) is 0 Å². The first-order valence-corrected chi connectivity index (χ1v) is 11.4. The van der Waals surface area contributed by atoms with Crippen LogP contribution in [-0.2, 0) is 0 Å². The molecule has 0 saturated heterocycles. The summed E-state index contributed by atoms with van der Waals surface area (Å²) in [5.41, 5.74) is 10.6. The van der Waals surface area contributed by atoms with Crippen LogP contribution in [0.2, 0.25) is 0 Å². The molecular formula is C29H26N4. The molecule has 0 bridgehead atoms. The minimum atomic E-state index is 0.840. The van der Waals surface area contributed by atoms with Gasteiger partial charge in [-0.2, -0.15) is 5.10 Å². The van der Waals surface area contributed by atoms with E-state index in [4.69, 9.17) is 4.98 Å². The van der Waals surface area contributed by atoms with Crippen LogP contribution in [0, 0.1) is 34.6 Å². The van der Waals surface area contributed by atoms with Crippen LogP contribution in [0.3, 0.4) is 0 Å². The Bertz CT molecular complexity index is 1700. The second-order valence-corrected chi connectivity index (χ2v) is 9.15. The minimum absolute atomic E-state index is 0.840. The summed E-state index contributed by atoms with van der Waals surface area (Å²) in [6.45, 7) is 10.6. The molecule has 0 spiro atoms. The van der Waals surface area contributed by atoms with E-state index in [2.05, 4.69) is 104 Å². The molecule has 0 aliphatic heterocycles. The number of pyridine rings is 1. The molecule has 0 atom stereocenters. The number of fused-ring (bicyclic) bond motifs is 6. The van der Waals surface area contributed by atoms with Crippen molar-refractivity contribution in [2.75, 3.05) is 0 Å². The van der Waals surface area contributed by atoms with E-state index in [0.29, 0.717) is 0 Å². The van der Waals surface area contributed by atoms with Crippen molar-refractivity contribution in [3.63, 3.8) is 0 Å². The zero-order valence-electron chi connectivity index (χ0n) is 19.6. The summed E-state index contributed by atoms with van der Waals surface area (Å²) in [6, 6.07) is 21.9. The highest BCUT2D eigenvalue weighted by Gasteiger charge is 2.18. The highest BCUT2D eigenvalue weighted by molar-refractivity contribution is 6.18. The predicted octanol–water partition coefficient (Wildman–Crippen LogP) is 7.04. The van der Waals surface area contributed by atoms with Gasteiger partial charge in [-0.1, -0.05) is 48.0 Å². The Labute approximate surface area is 193 Å². The quantitative estimate of drug-likeness (QED) is 0.276. The molecular weight excluding hydrogens is 404 g/mol. The third-order valence-electron chi connectivity index (χ3n) is 6.66. The topological polar surface area (TPSA) is 35.1 Å². The van der Waals surface area contributed by atoms with E-state index >= 15 is 0 Å². The molecule has 0 aliphatic carbocycles. The van der Waals surface area contributed by atoms with Gasteiger partial charge in [-0.3, -0.25) is 4.40 Å². The normalized spacial score (nSPS) is 11.8. The molecule has 0 unspecified atom stereocenters. The number of hydrogen-bond acceptors (Lipinski definition) is 2.